The Kier molecular flexibility index (Phi) is 6.37. The molecule has 1 aliphatic rings. The van der Waals surface area contributed by atoms with Crippen molar-refractivity contribution in [3.8, 4) is 0 Å². The molecule has 1 heterocycles. The Morgan fingerprint density at radius 2 is 1.81 bits per heavy atom. The highest BCUT2D eigenvalue weighted by Crippen LogP contribution is 2.25. The van der Waals surface area contributed by atoms with Gasteiger partial charge in [-0.25, -0.2) is 0 Å². The van der Waals surface area contributed by atoms with Crippen molar-refractivity contribution < 1.29 is 0 Å². The van der Waals surface area contributed by atoms with Gasteiger partial charge in [0.2, 0.25) is 0 Å². The molecule has 0 amide bonds. The molecule has 16 heavy (non-hydrogen) atoms. The quantitative estimate of drug-likeness (QED) is 0.754. The topological polar surface area (TPSA) is 29.3 Å². The van der Waals surface area contributed by atoms with Gasteiger partial charge in [0.25, 0.3) is 0 Å². The van der Waals surface area contributed by atoms with Crippen LogP contribution in [0.2, 0.25) is 0 Å². The Labute approximate surface area is 102 Å². The van der Waals surface area contributed by atoms with E-state index >= 15 is 0 Å². The second-order valence-electron chi connectivity index (χ2n) is 5.92. The third kappa shape index (κ3) is 4.84. The molecule has 1 saturated heterocycles. The number of hydrogen-bond donors (Lipinski definition) is 1. The van der Waals surface area contributed by atoms with Gasteiger partial charge < -0.3 is 10.6 Å². The lowest BCUT2D eigenvalue weighted by atomic mass is 9.86. The molecule has 96 valence electrons. The van der Waals surface area contributed by atoms with Crippen molar-refractivity contribution in [1.29, 1.82) is 0 Å². The van der Waals surface area contributed by atoms with Crippen LogP contribution in [0.4, 0.5) is 0 Å². The van der Waals surface area contributed by atoms with Crippen molar-refractivity contribution in [1.82, 2.24) is 4.90 Å². The van der Waals surface area contributed by atoms with Crippen LogP contribution < -0.4 is 5.73 Å². The molecular formula is C14H30N2. The fraction of sp³-hybridized carbons (Fsp3) is 1.00. The molecule has 0 bridgehead atoms. The maximum atomic E-state index is 5.55. The first-order valence-electron chi connectivity index (χ1n) is 7.06. The van der Waals surface area contributed by atoms with E-state index < -0.39 is 0 Å². The van der Waals surface area contributed by atoms with E-state index in [1.807, 2.05) is 0 Å². The van der Waals surface area contributed by atoms with Crippen molar-refractivity contribution in [2.75, 3.05) is 26.2 Å². The summed E-state index contributed by atoms with van der Waals surface area (Å²) in [5.41, 5.74) is 5.55. The average molecular weight is 226 g/mol. The van der Waals surface area contributed by atoms with Crippen LogP contribution in [0.1, 0.15) is 46.5 Å². The van der Waals surface area contributed by atoms with E-state index in [1.165, 1.54) is 45.3 Å². The van der Waals surface area contributed by atoms with Crippen molar-refractivity contribution in [3.63, 3.8) is 0 Å². The van der Waals surface area contributed by atoms with Crippen LogP contribution in [-0.4, -0.2) is 31.1 Å². The monoisotopic (exact) mass is 226 g/mol. The first-order chi connectivity index (χ1) is 7.63. The van der Waals surface area contributed by atoms with Crippen molar-refractivity contribution in [2.24, 2.45) is 23.5 Å². The number of likely N-dealkylation sites (tertiary alicyclic amines) is 1. The SMILES string of the molecule is CC(CCCN)CN1CCC(C(C)C)CC1. The van der Waals surface area contributed by atoms with Crippen LogP contribution in [0.15, 0.2) is 0 Å². The summed E-state index contributed by atoms with van der Waals surface area (Å²) in [4.78, 5) is 2.65. The molecule has 0 spiro atoms. The van der Waals surface area contributed by atoms with Gasteiger partial charge in [0, 0.05) is 6.54 Å². The zero-order valence-electron chi connectivity index (χ0n) is 11.4. The molecule has 0 radical (unpaired) electrons. The Morgan fingerprint density at radius 1 is 1.19 bits per heavy atom. The highest BCUT2D eigenvalue weighted by Gasteiger charge is 2.22. The van der Waals surface area contributed by atoms with Gasteiger partial charge in [-0.05, 0) is 63.1 Å². The van der Waals surface area contributed by atoms with Crippen molar-refractivity contribution in [2.45, 2.75) is 46.5 Å². The van der Waals surface area contributed by atoms with Gasteiger partial charge in [0.05, 0.1) is 0 Å². The lowest BCUT2D eigenvalue weighted by Crippen LogP contribution is -2.37. The first-order valence-corrected chi connectivity index (χ1v) is 7.06. The number of nitrogens with zero attached hydrogens (tertiary/aromatic N) is 1. The highest BCUT2D eigenvalue weighted by molar-refractivity contribution is 4.75. The van der Waals surface area contributed by atoms with E-state index in [-0.39, 0.29) is 0 Å². The minimum absolute atomic E-state index is 0.819. The summed E-state index contributed by atoms with van der Waals surface area (Å²) in [6.45, 7) is 11.9. The molecular weight excluding hydrogens is 196 g/mol. The molecule has 2 nitrogen and oxygen atoms in total. The Bertz CT molecular complexity index is 172. The Morgan fingerprint density at radius 3 is 2.31 bits per heavy atom. The average Bonchev–Trinajstić information content (AvgIpc) is 2.27. The van der Waals surface area contributed by atoms with Crippen LogP contribution in [0.25, 0.3) is 0 Å². The van der Waals surface area contributed by atoms with Gasteiger partial charge in [-0.2, -0.15) is 0 Å². The minimum Gasteiger partial charge on any atom is -0.330 e. The standard InChI is InChI=1S/C14H30N2/c1-12(2)14-6-9-16(10-7-14)11-13(3)5-4-8-15/h12-14H,4-11,15H2,1-3H3. The van der Waals surface area contributed by atoms with E-state index in [0.717, 1.165) is 24.3 Å². The van der Waals surface area contributed by atoms with Gasteiger partial charge in [0.15, 0.2) is 0 Å². The molecule has 0 saturated carbocycles. The molecule has 0 aromatic rings. The maximum absolute atomic E-state index is 5.55. The zero-order valence-corrected chi connectivity index (χ0v) is 11.4. The largest absolute Gasteiger partial charge is 0.330 e. The normalized spacial score (nSPS) is 21.6. The van der Waals surface area contributed by atoms with Crippen LogP contribution in [0.3, 0.4) is 0 Å². The van der Waals surface area contributed by atoms with Gasteiger partial charge in [-0.15, -0.1) is 0 Å². The molecule has 2 heteroatoms. The third-order valence-electron chi connectivity index (χ3n) is 4.05. The highest BCUT2D eigenvalue weighted by atomic mass is 15.1. The van der Waals surface area contributed by atoms with Gasteiger partial charge in [-0.3, -0.25) is 0 Å². The molecule has 1 unspecified atom stereocenters. The summed E-state index contributed by atoms with van der Waals surface area (Å²) in [5.74, 6) is 2.66. The molecule has 0 aromatic carbocycles. The smallest absolute Gasteiger partial charge is 0.000703 e. The lowest BCUT2D eigenvalue weighted by Gasteiger charge is -2.35. The summed E-state index contributed by atoms with van der Waals surface area (Å²) < 4.78 is 0. The number of nitrogens with two attached hydrogens (primary N) is 1. The zero-order chi connectivity index (χ0) is 12.0. The molecule has 1 atom stereocenters. The van der Waals surface area contributed by atoms with Crippen molar-refractivity contribution >= 4 is 0 Å². The lowest BCUT2D eigenvalue weighted by molar-refractivity contribution is 0.140. The number of rotatable bonds is 6. The number of piperidine rings is 1. The van der Waals surface area contributed by atoms with E-state index in [0.29, 0.717) is 0 Å². The van der Waals surface area contributed by atoms with Gasteiger partial charge in [0.1, 0.15) is 0 Å². The summed E-state index contributed by atoms with van der Waals surface area (Å²) >= 11 is 0. The molecule has 1 rings (SSSR count). The van der Waals surface area contributed by atoms with E-state index in [1.54, 1.807) is 0 Å². The van der Waals surface area contributed by atoms with Gasteiger partial charge in [-0.1, -0.05) is 20.8 Å². The molecule has 1 fully saturated rings. The summed E-state index contributed by atoms with van der Waals surface area (Å²) in [6, 6.07) is 0. The van der Waals surface area contributed by atoms with Crippen LogP contribution in [-0.2, 0) is 0 Å². The molecule has 0 aromatic heterocycles. The number of hydrogen-bond acceptors (Lipinski definition) is 2. The molecule has 0 aliphatic carbocycles. The first kappa shape index (κ1) is 14.0. The van der Waals surface area contributed by atoms with Crippen LogP contribution in [0.5, 0.6) is 0 Å². The minimum atomic E-state index is 0.819. The van der Waals surface area contributed by atoms with Crippen LogP contribution >= 0.6 is 0 Å². The van der Waals surface area contributed by atoms with Gasteiger partial charge >= 0.3 is 0 Å². The second kappa shape index (κ2) is 7.29. The third-order valence-corrected chi connectivity index (χ3v) is 4.05. The Balaban J connectivity index is 2.16. The second-order valence-corrected chi connectivity index (χ2v) is 5.92. The van der Waals surface area contributed by atoms with E-state index in [2.05, 4.69) is 25.7 Å². The summed E-state index contributed by atoms with van der Waals surface area (Å²) in [6.07, 6.45) is 5.28. The van der Waals surface area contributed by atoms with E-state index in [4.69, 9.17) is 5.73 Å². The molecule has 2 N–H and O–H groups in total. The van der Waals surface area contributed by atoms with Crippen LogP contribution in [0, 0.1) is 17.8 Å². The predicted molar refractivity (Wildman–Crippen MR) is 71.5 cm³/mol. The Hall–Kier alpha value is -0.0800. The van der Waals surface area contributed by atoms with Crippen molar-refractivity contribution in [3.05, 3.63) is 0 Å². The molecule has 1 aliphatic heterocycles. The summed E-state index contributed by atoms with van der Waals surface area (Å²) in [7, 11) is 0. The fourth-order valence-corrected chi connectivity index (χ4v) is 2.80. The maximum Gasteiger partial charge on any atom is 0.000703 e. The predicted octanol–water partition coefficient (Wildman–Crippen LogP) is 2.73. The van der Waals surface area contributed by atoms with E-state index in [9.17, 15) is 0 Å². The summed E-state index contributed by atoms with van der Waals surface area (Å²) in [5, 5.41) is 0. The fourth-order valence-electron chi connectivity index (χ4n) is 2.80.